The number of amides is 1. The lowest BCUT2D eigenvalue weighted by molar-refractivity contribution is 0.0956. The minimum atomic E-state index is -0.0456. The average Bonchev–Trinajstić information content (AvgIpc) is 2.97. The Morgan fingerprint density at radius 3 is 2.81 bits per heavy atom. The zero-order chi connectivity index (χ0) is 15.1. The van der Waals surface area contributed by atoms with Crippen LogP contribution in [-0.2, 0) is 0 Å². The molecule has 1 saturated carbocycles. The summed E-state index contributed by atoms with van der Waals surface area (Å²) in [6.45, 7) is 3.45. The number of nitrogens with one attached hydrogen (secondary N) is 2. The van der Waals surface area contributed by atoms with E-state index in [1.807, 2.05) is 13.0 Å². The van der Waals surface area contributed by atoms with Crippen molar-refractivity contribution in [2.24, 2.45) is 5.92 Å². The summed E-state index contributed by atoms with van der Waals surface area (Å²) in [5, 5.41) is 6.21. The summed E-state index contributed by atoms with van der Waals surface area (Å²) < 4.78 is 0. The Balaban J connectivity index is 1.88. The lowest BCUT2D eigenvalue weighted by Crippen LogP contribution is -2.24. The maximum atomic E-state index is 12.0. The van der Waals surface area contributed by atoms with Crippen molar-refractivity contribution in [3.8, 4) is 0 Å². The van der Waals surface area contributed by atoms with Crippen LogP contribution in [0, 0.1) is 5.92 Å². The van der Waals surface area contributed by atoms with Crippen LogP contribution in [0.3, 0.4) is 0 Å². The zero-order valence-electron chi connectivity index (χ0n) is 13.0. The van der Waals surface area contributed by atoms with Crippen LogP contribution in [0.5, 0.6) is 0 Å². The summed E-state index contributed by atoms with van der Waals surface area (Å²) in [7, 11) is 0. The molecule has 0 spiro atoms. The summed E-state index contributed by atoms with van der Waals surface area (Å²) in [4.78, 5) is 12.0. The Morgan fingerprint density at radius 1 is 1.33 bits per heavy atom. The maximum absolute atomic E-state index is 12.0. The molecule has 0 aromatic heterocycles. The van der Waals surface area contributed by atoms with E-state index in [1.54, 1.807) is 12.1 Å². The standard InChI is InChI=1S/C17H27N3O/c1-2-19-17(21)15-10-9-14(18)12-16(15)20-11-5-8-13-6-3-4-7-13/h9-10,12-13,20H,2-8,11,18H2,1H3,(H,19,21). The normalized spacial score (nSPS) is 15.1. The second-order valence-corrected chi connectivity index (χ2v) is 5.88. The molecule has 0 aliphatic heterocycles. The zero-order valence-corrected chi connectivity index (χ0v) is 13.0. The molecule has 4 N–H and O–H groups in total. The van der Waals surface area contributed by atoms with Gasteiger partial charge in [0.1, 0.15) is 0 Å². The summed E-state index contributed by atoms with van der Waals surface area (Å²) in [5.74, 6) is 0.867. The molecule has 1 aromatic carbocycles. The highest BCUT2D eigenvalue weighted by Gasteiger charge is 2.14. The van der Waals surface area contributed by atoms with Crippen molar-refractivity contribution < 1.29 is 4.79 Å². The van der Waals surface area contributed by atoms with E-state index in [0.29, 0.717) is 17.8 Å². The molecule has 0 bridgehead atoms. The van der Waals surface area contributed by atoms with Gasteiger partial charge in [-0.05, 0) is 43.9 Å². The van der Waals surface area contributed by atoms with Gasteiger partial charge in [0.05, 0.1) is 5.56 Å². The largest absolute Gasteiger partial charge is 0.399 e. The fourth-order valence-corrected chi connectivity index (χ4v) is 3.07. The number of hydrogen-bond acceptors (Lipinski definition) is 3. The smallest absolute Gasteiger partial charge is 0.253 e. The fourth-order valence-electron chi connectivity index (χ4n) is 3.07. The Morgan fingerprint density at radius 2 is 2.10 bits per heavy atom. The van der Waals surface area contributed by atoms with Crippen molar-refractivity contribution in [1.82, 2.24) is 5.32 Å². The van der Waals surface area contributed by atoms with Gasteiger partial charge in [-0.2, -0.15) is 0 Å². The first-order valence-electron chi connectivity index (χ1n) is 8.12. The molecule has 1 amide bonds. The Hall–Kier alpha value is -1.71. The fraction of sp³-hybridized carbons (Fsp3) is 0.588. The third-order valence-electron chi connectivity index (χ3n) is 4.20. The molecule has 1 aliphatic rings. The molecule has 4 nitrogen and oxygen atoms in total. The van der Waals surface area contributed by atoms with E-state index in [1.165, 1.54) is 32.1 Å². The quantitative estimate of drug-likeness (QED) is 0.532. The van der Waals surface area contributed by atoms with E-state index in [2.05, 4.69) is 10.6 Å². The first-order chi connectivity index (χ1) is 10.2. The molecular weight excluding hydrogens is 262 g/mol. The van der Waals surface area contributed by atoms with Crippen LogP contribution in [0.1, 0.15) is 55.8 Å². The highest BCUT2D eigenvalue weighted by molar-refractivity contribution is 6.00. The van der Waals surface area contributed by atoms with Gasteiger partial charge in [0.2, 0.25) is 0 Å². The van der Waals surface area contributed by atoms with Crippen molar-refractivity contribution in [3.05, 3.63) is 23.8 Å². The number of anilines is 2. The molecule has 0 heterocycles. The van der Waals surface area contributed by atoms with Crippen LogP contribution in [0.25, 0.3) is 0 Å². The summed E-state index contributed by atoms with van der Waals surface area (Å²) in [6, 6.07) is 5.41. The molecule has 0 atom stereocenters. The molecule has 4 heteroatoms. The van der Waals surface area contributed by atoms with Gasteiger partial charge >= 0.3 is 0 Å². The number of rotatable bonds is 7. The molecule has 1 aromatic rings. The molecule has 0 saturated heterocycles. The van der Waals surface area contributed by atoms with E-state index in [4.69, 9.17) is 5.73 Å². The van der Waals surface area contributed by atoms with Gasteiger partial charge in [-0.3, -0.25) is 4.79 Å². The van der Waals surface area contributed by atoms with Crippen LogP contribution in [-0.4, -0.2) is 19.0 Å². The van der Waals surface area contributed by atoms with Crippen molar-refractivity contribution >= 4 is 17.3 Å². The van der Waals surface area contributed by atoms with Gasteiger partial charge in [0.25, 0.3) is 5.91 Å². The van der Waals surface area contributed by atoms with Crippen molar-refractivity contribution in [3.63, 3.8) is 0 Å². The first kappa shape index (κ1) is 15.7. The highest BCUT2D eigenvalue weighted by atomic mass is 16.1. The van der Waals surface area contributed by atoms with Gasteiger partial charge in [0, 0.05) is 24.5 Å². The predicted octanol–water partition coefficient (Wildman–Crippen LogP) is 3.40. The molecule has 116 valence electrons. The monoisotopic (exact) mass is 289 g/mol. The number of carbonyl (C=O) groups is 1. The van der Waals surface area contributed by atoms with Crippen LogP contribution in [0.2, 0.25) is 0 Å². The number of hydrogen-bond donors (Lipinski definition) is 3. The van der Waals surface area contributed by atoms with Gasteiger partial charge in [-0.25, -0.2) is 0 Å². The van der Waals surface area contributed by atoms with Crippen LogP contribution in [0.15, 0.2) is 18.2 Å². The van der Waals surface area contributed by atoms with Crippen molar-refractivity contribution in [2.45, 2.75) is 45.4 Å². The average molecular weight is 289 g/mol. The lowest BCUT2D eigenvalue weighted by Gasteiger charge is -2.14. The molecule has 2 rings (SSSR count). The minimum absolute atomic E-state index is 0.0456. The number of benzene rings is 1. The molecule has 1 aliphatic carbocycles. The Kier molecular flexibility index (Phi) is 5.90. The number of carbonyl (C=O) groups excluding carboxylic acids is 1. The predicted molar refractivity (Wildman–Crippen MR) is 88.5 cm³/mol. The van der Waals surface area contributed by atoms with E-state index in [-0.39, 0.29) is 5.91 Å². The second-order valence-electron chi connectivity index (χ2n) is 5.88. The van der Waals surface area contributed by atoms with E-state index in [0.717, 1.165) is 24.6 Å². The second kappa shape index (κ2) is 7.91. The van der Waals surface area contributed by atoms with Crippen molar-refractivity contribution in [2.75, 3.05) is 24.1 Å². The van der Waals surface area contributed by atoms with E-state index in [9.17, 15) is 4.79 Å². The van der Waals surface area contributed by atoms with E-state index >= 15 is 0 Å². The third-order valence-corrected chi connectivity index (χ3v) is 4.20. The molecule has 0 radical (unpaired) electrons. The molecule has 0 unspecified atom stereocenters. The topological polar surface area (TPSA) is 67.2 Å². The summed E-state index contributed by atoms with van der Waals surface area (Å²) in [5.41, 5.74) is 8.03. The Labute approximate surface area is 127 Å². The SMILES string of the molecule is CCNC(=O)c1ccc(N)cc1NCCCC1CCCC1. The number of nitrogens with two attached hydrogens (primary N) is 1. The van der Waals surface area contributed by atoms with Gasteiger partial charge in [0.15, 0.2) is 0 Å². The first-order valence-corrected chi connectivity index (χ1v) is 8.12. The van der Waals surface area contributed by atoms with E-state index < -0.39 is 0 Å². The van der Waals surface area contributed by atoms with Crippen molar-refractivity contribution in [1.29, 1.82) is 0 Å². The van der Waals surface area contributed by atoms with Gasteiger partial charge in [-0.1, -0.05) is 25.7 Å². The van der Waals surface area contributed by atoms with Gasteiger partial charge in [-0.15, -0.1) is 0 Å². The minimum Gasteiger partial charge on any atom is -0.399 e. The van der Waals surface area contributed by atoms with Crippen LogP contribution >= 0.6 is 0 Å². The van der Waals surface area contributed by atoms with Crippen LogP contribution < -0.4 is 16.4 Å². The molecule has 1 fully saturated rings. The maximum Gasteiger partial charge on any atom is 0.253 e. The highest BCUT2D eigenvalue weighted by Crippen LogP contribution is 2.28. The molecular formula is C17H27N3O. The third kappa shape index (κ3) is 4.66. The molecule has 21 heavy (non-hydrogen) atoms. The van der Waals surface area contributed by atoms with Gasteiger partial charge < -0.3 is 16.4 Å². The summed E-state index contributed by atoms with van der Waals surface area (Å²) >= 11 is 0. The van der Waals surface area contributed by atoms with Crippen LogP contribution in [0.4, 0.5) is 11.4 Å². The summed E-state index contributed by atoms with van der Waals surface area (Å²) in [6.07, 6.45) is 8.01. The number of nitrogen functional groups attached to an aromatic ring is 1. The lowest BCUT2D eigenvalue weighted by atomic mass is 10.0. The Bertz CT molecular complexity index is 467.